The molecule has 1 fully saturated rings. The predicted octanol–water partition coefficient (Wildman–Crippen LogP) is -2.72. The van der Waals surface area contributed by atoms with E-state index in [4.69, 9.17) is 5.73 Å². The van der Waals surface area contributed by atoms with E-state index in [2.05, 4.69) is 13.0 Å². The van der Waals surface area contributed by atoms with Crippen LogP contribution in [0, 0.1) is 0 Å². The number of hydrogen-bond donors (Lipinski definition) is 1. The second-order valence-electron chi connectivity index (χ2n) is 2.63. The van der Waals surface area contributed by atoms with Crippen molar-refractivity contribution < 1.29 is 17.5 Å². The van der Waals surface area contributed by atoms with Crippen LogP contribution >= 0.6 is 15.8 Å². The molecule has 0 spiro atoms. The van der Waals surface area contributed by atoms with Gasteiger partial charge in [0, 0.05) is 0 Å². The SMILES string of the molecule is N[C@@H]1CCI([I-]n2cncn2)C1. The molecule has 1 saturated heterocycles. The first-order valence-corrected chi connectivity index (χ1v) is 14.0. The van der Waals surface area contributed by atoms with Crippen LogP contribution in [0.1, 0.15) is 6.42 Å². The zero-order chi connectivity index (χ0) is 8.39. The number of nitrogens with two attached hydrogens (primary N) is 1. The molecule has 1 aromatic heterocycles. The summed E-state index contributed by atoms with van der Waals surface area (Å²) in [6.07, 6.45) is 4.75. The van der Waals surface area contributed by atoms with Crippen LogP contribution in [0.25, 0.3) is 0 Å². The number of rotatable bonds is 2. The van der Waals surface area contributed by atoms with E-state index in [9.17, 15) is 0 Å². The second-order valence-corrected chi connectivity index (χ2v) is 18.4. The van der Waals surface area contributed by atoms with Gasteiger partial charge in [-0.1, -0.05) is 0 Å². The van der Waals surface area contributed by atoms with E-state index in [-0.39, 0.29) is 17.5 Å². The van der Waals surface area contributed by atoms with E-state index >= 15 is 0 Å². The van der Waals surface area contributed by atoms with Crippen LogP contribution in [-0.4, -0.2) is 27.9 Å². The Morgan fingerprint density at radius 3 is 3.17 bits per heavy atom. The van der Waals surface area contributed by atoms with Gasteiger partial charge < -0.3 is 0 Å². The zero-order valence-electron chi connectivity index (χ0n) is 6.53. The Bertz CT molecular complexity index is 238. The van der Waals surface area contributed by atoms with E-state index in [1.807, 2.05) is 6.33 Å². The van der Waals surface area contributed by atoms with Gasteiger partial charge in [-0.05, 0) is 0 Å². The van der Waals surface area contributed by atoms with Crippen molar-refractivity contribution in [1.29, 1.82) is 0 Å². The molecule has 4 nitrogen and oxygen atoms in total. The molecule has 70 valence electrons. The van der Waals surface area contributed by atoms with Gasteiger partial charge in [0.15, 0.2) is 0 Å². The summed E-state index contributed by atoms with van der Waals surface area (Å²) in [5, 5.41) is 4.16. The number of aromatic nitrogens is 3. The molecule has 0 amide bonds. The summed E-state index contributed by atoms with van der Waals surface area (Å²) >= 11 is -0.500. The zero-order valence-corrected chi connectivity index (χ0v) is 10.8. The molecule has 1 aliphatic rings. The minimum atomic E-state index is -0.653. The van der Waals surface area contributed by atoms with Gasteiger partial charge in [0.1, 0.15) is 0 Å². The molecule has 2 heterocycles. The molecule has 1 aromatic rings. The molecule has 0 unspecified atom stereocenters. The average Bonchev–Trinajstić information content (AvgIpc) is 2.63. The Morgan fingerprint density at radius 1 is 1.67 bits per heavy atom. The number of nitrogens with zero attached hydrogens (tertiary/aromatic N) is 3. The summed E-state index contributed by atoms with van der Waals surface area (Å²) in [6.45, 7) is 0. The summed E-state index contributed by atoms with van der Waals surface area (Å²) in [5.41, 5.74) is 5.87. The van der Waals surface area contributed by atoms with Crippen LogP contribution in [0.2, 0.25) is 0 Å². The quantitative estimate of drug-likeness (QED) is 0.439. The molecule has 1 aliphatic heterocycles. The summed E-state index contributed by atoms with van der Waals surface area (Å²) in [6, 6.07) is 0.512. The Balaban J connectivity index is 1.88. The van der Waals surface area contributed by atoms with Crippen LogP contribution in [0.4, 0.5) is 0 Å². The molecule has 2 N–H and O–H groups in total. The number of hydrogen-bond acceptors (Lipinski definition) is 3. The molecule has 0 aliphatic carbocycles. The van der Waals surface area contributed by atoms with Gasteiger partial charge in [0.05, 0.1) is 0 Å². The molecule has 1 atom stereocenters. The van der Waals surface area contributed by atoms with Gasteiger partial charge in [-0.2, -0.15) is 0 Å². The van der Waals surface area contributed by atoms with Crippen molar-refractivity contribution in [2.75, 3.05) is 8.86 Å². The predicted molar refractivity (Wildman–Crippen MR) is 51.8 cm³/mol. The fourth-order valence-corrected chi connectivity index (χ4v) is 17.4. The van der Waals surface area contributed by atoms with Crippen molar-refractivity contribution in [2.24, 2.45) is 5.73 Å². The third-order valence-electron chi connectivity index (χ3n) is 1.60. The molecule has 0 aromatic carbocycles. The molecule has 0 saturated carbocycles. The van der Waals surface area contributed by atoms with Crippen molar-refractivity contribution in [2.45, 2.75) is 12.5 Å². The van der Waals surface area contributed by atoms with Gasteiger partial charge in [-0.25, -0.2) is 0 Å². The van der Waals surface area contributed by atoms with Crippen molar-refractivity contribution >= 4 is 15.8 Å². The van der Waals surface area contributed by atoms with Crippen LogP contribution in [-0.2, 0) is 0 Å². The normalized spacial score (nSPS) is 26.8. The van der Waals surface area contributed by atoms with E-state index < -0.39 is 15.8 Å². The van der Waals surface area contributed by atoms with E-state index in [0.29, 0.717) is 6.04 Å². The molecule has 0 radical (unpaired) electrons. The number of alkyl halides is 2. The minimum absolute atomic E-state index is 0.153. The third kappa shape index (κ3) is 2.28. The van der Waals surface area contributed by atoms with Gasteiger partial charge in [-0.15, -0.1) is 0 Å². The molecule has 12 heavy (non-hydrogen) atoms. The van der Waals surface area contributed by atoms with Crippen molar-refractivity contribution in [3.05, 3.63) is 12.7 Å². The fourth-order valence-electron chi connectivity index (χ4n) is 1.01. The topological polar surface area (TPSA) is 56.7 Å². The maximum absolute atomic E-state index is 5.87. The first-order chi connectivity index (χ1) is 5.84. The molecular formula is C6H11I2N4-. The van der Waals surface area contributed by atoms with Gasteiger partial charge in [-0.3, -0.25) is 0 Å². The summed E-state index contributed by atoms with van der Waals surface area (Å²) < 4.78 is 4.86. The summed E-state index contributed by atoms with van der Waals surface area (Å²) in [4.78, 5) is 3.96. The Labute approximate surface area is 85.3 Å². The Hall–Kier alpha value is 0.560. The molecular weight excluding hydrogens is 382 g/mol. The van der Waals surface area contributed by atoms with Crippen LogP contribution in [0.5, 0.6) is 0 Å². The monoisotopic (exact) mass is 393 g/mol. The van der Waals surface area contributed by atoms with E-state index in [1.165, 1.54) is 15.3 Å². The van der Waals surface area contributed by atoms with Crippen molar-refractivity contribution in [1.82, 2.24) is 13.0 Å². The first-order valence-electron chi connectivity index (χ1n) is 3.73. The summed E-state index contributed by atoms with van der Waals surface area (Å²) in [7, 11) is 0. The van der Waals surface area contributed by atoms with Crippen molar-refractivity contribution in [3.63, 3.8) is 0 Å². The maximum atomic E-state index is 5.87. The average molecular weight is 393 g/mol. The van der Waals surface area contributed by atoms with Crippen LogP contribution < -0.4 is 23.2 Å². The fraction of sp³-hybridized carbons (Fsp3) is 0.667. The van der Waals surface area contributed by atoms with Gasteiger partial charge in [0.2, 0.25) is 0 Å². The van der Waals surface area contributed by atoms with Crippen LogP contribution in [0.3, 0.4) is 0 Å². The molecule has 0 bridgehead atoms. The first kappa shape index (κ1) is 9.13. The van der Waals surface area contributed by atoms with Gasteiger partial charge in [0.25, 0.3) is 0 Å². The second kappa shape index (κ2) is 4.18. The molecule has 6 heteroatoms. The molecule has 2 rings (SSSR count). The van der Waals surface area contributed by atoms with E-state index in [1.54, 1.807) is 6.33 Å². The standard InChI is InChI=1S/C6H11I2N4/c9-6-1-2-8(3-6)7-12-5-10-4-11-12/h4-6H,1-3,9H2/q-1/t6-/m1/s1. The Kier molecular flexibility index (Phi) is 3.18. The van der Waals surface area contributed by atoms with Gasteiger partial charge >= 0.3 is 86.0 Å². The third-order valence-corrected chi connectivity index (χ3v) is 17.8. The van der Waals surface area contributed by atoms with Crippen LogP contribution in [0.15, 0.2) is 12.7 Å². The Morgan fingerprint density at radius 2 is 2.58 bits per heavy atom. The number of halogens is 2. The summed E-state index contributed by atoms with van der Waals surface area (Å²) in [5.74, 6) is 0. The van der Waals surface area contributed by atoms with E-state index in [0.717, 1.165) is 0 Å². The van der Waals surface area contributed by atoms with Crippen molar-refractivity contribution in [3.8, 4) is 0 Å².